The highest BCUT2D eigenvalue weighted by Gasteiger charge is 2.24. The second-order valence-corrected chi connectivity index (χ2v) is 19.4. The van der Waals surface area contributed by atoms with Crippen molar-refractivity contribution in [2.24, 2.45) is 0 Å². The van der Waals surface area contributed by atoms with E-state index in [4.69, 9.17) is 0 Å². The van der Waals surface area contributed by atoms with Crippen molar-refractivity contribution < 1.29 is 0 Å². The summed E-state index contributed by atoms with van der Waals surface area (Å²) >= 11 is 0. The second-order valence-electron chi connectivity index (χ2n) is 19.4. The van der Waals surface area contributed by atoms with Crippen LogP contribution in [0.2, 0.25) is 0 Å². The highest BCUT2D eigenvalue weighted by atomic mass is 15.2. The number of benzene rings is 8. The smallest absolute Gasteiger partial charge is 0.0493 e. The lowest BCUT2D eigenvalue weighted by Gasteiger charge is -2.30. The zero-order valence-corrected chi connectivity index (χ0v) is 41.3. The first kappa shape index (κ1) is 44.9. The second kappa shape index (κ2) is 17.7. The molecule has 65 heavy (non-hydrogen) atoms. The van der Waals surface area contributed by atoms with E-state index in [1.165, 1.54) is 123 Å². The van der Waals surface area contributed by atoms with Crippen molar-refractivity contribution in [2.45, 2.75) is 102 Å². The Balaban J connectivity index is 1.03. The van der Waals surface area contributed by atoms with Crippen LogP contribution in [0.3, 0.4) is 0 Å². The van der Waals surface area contributed by atoms with Gasteiger partial charge >= 0.3 is 0 Å². The van der Waals surface area contributed by atoms with Gasteiger partial charge in [0.25, 0.3) is 0 Å². The van der Waals surface area contributed by atoms with Crippen molar-refractivity contribution in [2.75, 3.05) is 9.80 Å². The fourth-order valence-corrected chi connectivity index (χ4v) is 9.49. The maximum atomic E-state index is 2.44. The van der Waals surface area contributed by atoms with Crippen LogP contribution in [0.15, 0.2) is 146 Å². The lowest BCUT2D eigenvalue weighted by molar-refractivity contribution is 0.641. The average molecular weight is 851 g/mol. The first-order valence-corrected chi connectivity index (χ1v) is 23.2. The summed E-state index contributed by atoms with van der Waals surface area (Å²) in [5, 5.41) is 0. The van der Waals surface area contributed by atoms with Gasteiger partial charge < -0.3 is 9.80 Å². The number of nitrogens with zero attached hydrogens (tertiary/aromatic N) is 2. The zero-order chi connectivity index (χ0) is 46.5. The Bertz CT molecular complexity index is 2710. The van der Waals surface area contributed by atoms with E-state index in [1.54, 1.807) is 0 Å². The summed E-state index contributed by atoms with van der Waals surface area (Å²) in [6.45, 7) is 31.2. The minimum absolute atomic E-state index is 0.173. The summed E-state index contributed by atoms with van der Waals surface area (Å²) in [6, 6.07) is 55.2. The Hall–Kier alpha value is -6.64. The largest absolute Gasteiger partial charge is 0.310 e. The molecule has 0 radical (unpaired) electrons. The average Bonchev–Trinajstić information content (AvgIpc) is 3.28. The lowest BCUT2D eigenvalue weighted by atomic mass is 9.77. The molecule has 0 saturated heterocycles. The zero-order valence-electron chi connectivity index (χ0n) is 41.3. The molecule has 0 spiro atoms. The van der Waals surface area contributed by atoms with Crippen LogP contribution in [0.1, 0.15) is 91.7 Å². The van der Waals surface area contributed by atoms with Crippen LogP contribution < -0.4 is 9.80 Å². The van der Waals surface area contributed by atoms with Gasteiger partial charge in [-0.25, -0.2) is 0 Å². The molecule has 8 aromatic rings. The normalized spacial score (nSPS) is 11.5. The van der Waals surface area contributed by atoms with E-state index in [-0.39, 0.29) is 5.41 Å². The SMILES string of the molecule is Cc1cc(C)c(N(c2ccc(-c3ccc(C(C)(C)c4ccc(-c5ccc(N(c6cc(C)c(C)cc6C)c6cc(C)c(C)cc6C)cc5)cc4)cc3)cc2)c2cc(C)c(C)cc2C)cc1C. The van der Waals surface area contributed by atoms with Crippen molar-refractivity contribution in [3.8, 4) is 22.3 Å². The van der Waals surface area contributed by atoms with Gasteiger partial charge in [-0.15, -0.1) is 0 Å². The van der Waals surface area contributed by atoms with Crippen molar-refractivity contribution in [3.05, 3.63) is 223 Å². The highest BCUT2D eigenvalue weighted by Crippen LogP contribution is 2.43. The summed E-state index contributed by atoms with van der Waals surface area (Å²) < 4.78 is 0. The number of aryl methyl sites for hydroxylation is 12. The third-order valence-electron chi connectivity index (χ3n) is 14.3. The Morgan fingerprint density at radius 1 is 0.246 bits per heavy atom. The van der Waals surface area contributed by atoms with Crippen molar-refractivity contribution in [1.82, 2.24) is 0 Å². The standard InChI is InChI=1S/C63H66N2/c1-39-31-47(9)59(35-43(39)5)64(60-36-44(6)40(2)32-48(60)10)57-27-19-53(20-28-57)51-15-23-55(24-16-51)63(13,14)56-25-17-52(18-26-56)54-21-29-58(30-22-54)65(61-37-45(7)41(3)33-49(61)11)62-38-46(8)42(4)34-50(62)12/h15-38H,1-14H3. The van der Waals surface area contributed by atoms with E-state index in [9.17, 15) is 0 Å². The molecule has 0 aliphatic heterocycles. The molecular weight excluding hydrogens is 785 g/mol. The summed E-state index contributed by atoms with van der Waals surface area (Å²) in [4.78, 5) is 4.88. The van der Waals surface area contributed by atoms with Crippen LogP contribution in [0.4, 0.5) is 34.1 Å². The fourth-order valence-electron chi connectivity index (χ4n) is 9.49. The molecule has 0 aliphatic rings. The van der Waals surface area contributed by atoms with E-state index in [0.717, 1.165) is 11.4 Å². The Labute approximate surface area is 390 Å². The maximum Gasteiger partial charge on any atom is 0.0493 e. The molecule has 0 unspecified atom stereocenters. The van der Waals surface area contributed by atoms with E-state index < -0.39 is 0 Å². The van der Waals surface area contributed by atoms with Crippen LogP contribution in [-0.2, 0) is 5.41 Å². The van der Waals surface area contributed by atoms with Crippen molar-refractivity contribution in [1.29, 1.82) is 0 Å². The van der Waals surface area contributed by atoms with Gasteiger partial charge in [-0.3, -0.25) is 0 Å². The molecule has 0 aromatic heterocycles. The van der Waals surface area contributed by atoms with E-state index in [0.29, 0.717) is 0 Å². The molecule has 2 heteroatoms. The maximum absolute atomic E-state index is 2.44. The first-order valence-electron chi connectivity index (χ1n) is 23.2. The van der Waals surface area contributed by atoms with E-state index in [1.807, 2.05) is 0 Å². The minimum Gasteiger partial charge on any atom is -0.310 e. The molecule has 0 bridgehead atoms. The monoisotopic (exact) mass is 851 g/mol. The predicted molar refractivity (Wildman–Crippen MR) is 282 cm³/mol. The Kier molecular flexibility index (Phi) is 12.3. The first-order chi connectivity index (χ1) is 30.9. The molecular formula is C63H66N2. The molecule has 8 rings (SSSR count). The number of rotatable bonds is 10. The summed E-state index contributed by atoms with van der Waals surface area (Å²) in [5.41, 5.74) is 30.0. The van der Waals surface area contributed by atoms with Crippen LogP contribution >= 0.6 is 0 Å². The number of anilines is 6. The molecule has 0 saturated carbocycles. The van der Waals surface area contributed by atoms with Gasteiger partial charge in [0, 0.05) is 39.5 Å². The van der Waals surface area contributed by atoms with E-state index in [2.05, 4.69) is 252 Å². The predicted octanol–water partition coefficient (Wildman–Crippen LogP) is 18.0. The lowest BCUT2D eigenvalue weighted by Crippen LogP contribution is -2.18. The number of hydrogen-bond acceptors (Lipinski definition) is 2. The van der Waals surface area contributed by atoms with Crippen LogP contribution in [0.25, 0.3) is 22.3 Å². The summed E-state index contributed by atoms with van der Waals surface area (Å²) in [5.74, 6) is 0. The van der Waals surface area contributed by atoms with E-state index >= 15 is 0 Å². The van der Waals surface area contributed by atoms with Gasteiger partial charge in [0.15, 0.2) is 0 Å². The van der Waals surface area contributed by atoms with Crippen molar-refractivity contribution >= 4 is 34.1 Å². The van der Waals surface area contributed by atoms with Gasteiger partial charge in [0.05, 0.1) is 0 Å². The molecule has 0 aliphatic carbocycles. The minimum atomic E-state index is -0.173. The summed E-state index contributed by atoms with van der Waals surface area (Å²) in [6.07, 6.45) is 0. The number of hydrogen-bond donors (Lipinski definition) is 0. The topological polar surface area (TPSA) is 6.48 Å². The molecule has 0 atom stereocenters. The molecule has 0 amide bonds. The van der Waals surface area contributed by atoms with Gasteiger partial charge in [0.2, 0.25) is 0 Å². The quantitative estimate of drug-likeness (QED) is 0.135. The summed E-state index contributed by atoms with van der Waals surface area (Å²) in [7, 11) is 0. The third-order valence-corrected chi connectivity index (χ3v) is 14.3. The van der Waals surface area contributed by atoms with Crippen LogP contribution in [0, 0.1) is 83.1 Å². The van der Waals surface area contributed by atoms with Crippen LogP contribution in [-0.4, -0.2) is 0 Å². The highest BCUT2D eigenvalue weighted by molar-refractivity contribution is 5.84. The molecule has 0 heterocycles. The molecule has 8 aromatic carbocycles. The van der Waals surface area contributed by atoms with Gasteiger partial charge in [-0.2, -0.15) is 0 Å². The Morgan fingerprint density at radius 2 is 0.446 bits per heavy atom. The molecule has 0 fully saturated rings. The van der Waals surface area contributed by atoms with Gasteiger partial charge in [-0.05, 0) is 232 Å². The fraction of sp³-hybridized carbons (Fsp3) is 0.238. The molecule has 328 valence electrons. The third kappa shape index (κ3) is 8.80. The Morgan fingerprint density at radius 3 is 0.677 bits per heavy atom. The van der Waals surface area contributed by atoms with Crippen LogP contribution in [0.5, 0.6) is 0 Å². The van der Waals surface area contributed by atoms with Crippen molar-refractivity contribution in [3.63, 3.8) is 0 Å². The van der Waals surface area contributed by atoms with Gasteiger partial charge in [-0.1, -0.05) is 111 Å². The molecule has 0 N–H and O–H groups in total. The molecule has 2 nitrogen and oxygen atoms in total. The van der Waals surface area contributed by atoms with Gasteiger partial charge in [0.1, 0.15) is 0 Å².